The number of hydrogen-bond donors (Lipinski definition) is 1. The summed E-state index contributed by atoms with van der Waals surface area (Å²) in [6.07, 6.45) is 5.32. The van der Waals surface area contributed by atoms with Crippen molar-refractivity contribution in [1.29, 1.82) is 0 Å². The molecule has 1 aliphatic rings. The van der Waals surface area contributed by atoms with Crippen molar-refractivity contribution < 1.29 is 9.53 Å². The molecule has 0 spiro atoms. The van der Waals surface area contributed by atoms with Gasteiger partial charge in [0.15, 0.2) is 0 Å². The van der Waals surface area contributed by atoms with E-state index in [9.17, 15) is 4.79 Å². The van der Waals surface area contributed by atoms with Gasteiger partial charge in [-0.2, -0.15) is 0 Å². The molecule has 1 fully saturated rings. The molecule has 32 heavy (non-hydrogen) atoms. The van der Waals surface area contributed by atoms with Gasteiger partial charge in [-0.25, -0.2) is 0 Å². The molecule has 5 heteroatoms. The molecule has 1 saturated heterocycles. The van der Waals surface area contributed by atoms with E-state index in [-0.39, 0.29) is 5.91 Å². The van der Waals surface area contributed by atoms with E-state index in [1.54, 1.807) is 13.2 Å². The summed E-state index contributed by atoms with van der Waals surface area (Å²) in [5, 5.41) is 3.63. The van der Waals surface area contributed by atoms with Crippen LogP contribution in [0.5, 0.6) is 5.75 Å². The molecule has 5 rings (SSSR count). The molecule has 0 atom stereocenters. The van der Waals surface area contributed by atoms with Crippen molar-refractivity contribution in [3.05, 3.63) is 78.0 Å². The van der Waals surface area contributed by atoms with Crippen molar-refractivity contribution in [2.75, 3.05) is 26.7 Å². The molecule has 2 heterocycles. The number of carbonyl (C=O) groups is 1. The van der Waals surface area contributed by atoms with E-state index >= 15 is 0 Å². The molecule has 0 saturated carbocycles. The van der Waals surface area contributed by atoms with Gasteiger partial charge in [0, 0.05) is 43.0 Å². The number of aromatic nitrogens is 1. The van der Waals surface area contributed by atoms with Gasteiger partial charge in [-0.1, -0.05) is 30.3 Å². The Morgan fingerprint density at radius 2 is 1.75 bits per heavy atom. The Labute approximate surface area is 188 Å². The third-order valence-electron chi connectivity index (χ3n) is 6.80. The number of fused-ring (bicyclic) bond motifs is 2. The van der Waals surface area contributed by atoms with Gasteiger partial charge in [-0.15, -0.1) is 0 Å². The maximum Gasteiger partial charge on any atom is 0.248 e. The average molecular weight is 428 g/mol. The first-order valence-electron chi connectivity index (χ1n) is 11.3. The van der Waals surface area contributed by atoms with Crippen LogP contribution in [0.2, 0.25) is 0 Å². The Bertz CT molecular complexity index is 1270. The molecule has 4 aromatic rings. The lowest BCUT2D eigenvalue weighted by atomic mass is 10.0. The highest BCUT2D eigenvalue weighted by atomic mass is 16.5. The van der Waals surface area contributed by atoms with Gasteiger partial charge in [0.05, 0.1) is 7.11 Å². The number of benzene rings is 3. The number of piperidine rings is 1. The topological polar surface area (TPSA) is 60.5 Å². The van der Waals surface area contributed by atoms with Crippen molar-refractivity contribution in [3.63, 3.8) is 0 Å². The Morgan fingerprint density at radius 3 is 2.47 bits per heavy atom. The minimum Gasteiger partial charge on any atom is -0.496 e. The van der Waals surface area contributed by atoms with Crippen molar-refractivity contribution in [2.45, 2.75) is 25.3 Å². The summed E-state index contributed by atoms with van der Waals surface area (Å²) in [7, 11) is 1.75. The van der Waals surface area contributed by atoms with Gasteiger partial charge in [-0.05, 0) is 71.3 Å². The van der Waals surface area contributed by atoms with E-state index in [4.69, 9.17) is 10.5 Å². The SMILES string of the molecule is COc1cc2ccccc2cc1CCN1CCC(n2ccc3ccc(C(N)=O)cc32)CC1. The monoisotopic (exact) mass is 427 g/mol. The van der Waals surface area contributed by atoms with Crippen LogP contribution in [0.1, 0.15) is 34.8 Å². The quantitative estimate of drug-likeness (QED) is 0.482. The maximum atomic E-state index is 11.6. The fraction of sp³-hybridized carbons (Fsp3) is 0.296. The summed E-state index contributed by atoms with van der Waals surface area (Å²) in [5.41, 5.74) is 8.42. The molecule has 1 amide bonds. The highest BCUT2D eigenvalue weighted by molar-refractivity contribution is 5.97. The first-order valence-corrected chi connectivity index (χ1v) is 11.3. The molecule has 0 radical (unpaired) electrons. The van der Waals surface area contributed by atoms with Crippen molar-refractivity contribution >= 4 is 27.6 Å². The molecule has 164 valence electrons. The summed E-state index contributed by atoms with van der Waals surface area (Å²) in [4.78, 5) is 14.1. The number of ether oxygens (including phenoxy) is 1. The summed E-state index contributed by atoms with van der Waals surface area (Å²) in [5.74, 6) is 0.598. The van der Waals surface area contributed by atoms with E-state index < -0.39 is 0 Å². The second-order valence-electron chi connectivity index (χ2n) is 8.69. The molecule has 0 unspecified atom stereocenters. The van der Waals surface area contributed by atoms with Crippen LogP contribution in [0, 0.1) is 0 Å². The van der Waals surface area contributed by atoms with Crippen LogP contribution in [0.4, 0.5) is 0 Å². The molecule has 1 aliphatic heterocycles. The summed E-state index contributed by atoms with van der Waals surface area (Å²) < 4.78 is 8.00. The van der Waals surface area contributed by atoms with Gasteiger partial charge < -0.3 is 19.9 Å². The number of carbonyl (C=O) groups excluding carboxylic acids is 1. The lowest BCUT2D eigenvalue weighted by molar-refractivity contribution is 0.100. The summed E-state index contributed by atoms with van der Waals surface area (Å²) in [6.45, 7) is 3.16. The van der Waals surface area contributed by atoms with Crippen LogP contribution in [0.15, 0.2) is 66.9 Å². The van der Waals surface area contributed by atoms with Crippen LogP contribution >= 0.6 is 0 Å². The second-order valence-corrected chi connectivity index (χ2v) is 8.69. The highest BCUT2D eigenvalue weighted by Crippen LogP contribution is 2.30. The summed E-state index contributed by atoms with van der Waals surface area (Å²) >= 11 is 0. The number of hydrogen-bond acceptors (Lipinski definition) is 3. The largest absolute Gasteiger partial charge is 0.496 e. The smallest absolute Gasteiger partial charge is 0.248 e. The highest BCUT2D eigenvalue weighted by Gasteiger charge is 2.22. The third kappa shape index (κ3) is 3.96. The molecular formula is C27H29N3O2. The molecule has 1 aromatic heterocycles. The predicted octanol–water partition coefficient (Wildman–Crippen LogP) is 4.78. The molecule has 2 N–H and O–H groups in total. The minimum atomic E-state index is -0.376. The lowest BCUT2D eigenvalue weighted by Crippen LogP contribution is -2.35. The van der Waals surface area contributed by atoms with Crippen LogP contribution in [-0.4, -0.2) is 42.1 Å². The Kier molecular flexibility index (Phi) is 5.58. The number of nitrogens with zero attached hydrogens (tertiary/aromatic N) is 2. The van der Waals surface area contributed by atoms with Gasteiger partial charge in [0.25, 0.3) is 0 Å². The average Bonchev–Trinajstić information content (AvgIpc) is 3.25. The number of amides is 1. The van der Waals surface area contributed by atoms with Crippen LogP contribution in [0.25, 0.3) is 21.7 Å². The normalized spacial score (nSPS) is 15.4. The van der Waals surface area contributed by atoms with Crippen LogP contribution in [0.3, 0.4) is 0 Å². The fourth-order valence-electron chi connectivity index (χ4n) is 4.97. The van der Waals surface area contributed by atoms with Gasteiger partial charge in [0.1, 0.15) is 5.75 Å². The fourth-order valence-corrected chi connectivity index (χ4v) is 4.97. The van der Waals surface area contributed by atoms with E-state index in [1.807, 2.05) is 12.1 Å². The lowest BCUT2D eigenvalue weighted by Gasteiger charge is -2.33. The number of rotatable bonds is 6. The third-order valence-corrected chi connectivity index (χ3v) is 6.80. The number of primary amides is 1. The number of methoxy groups -OCH3 is 1. The minimum absolute atomic E-state index is 0.376. The molecule has 0 aliphatic carbocycles. The second kappa shape index (κ2) is 8.67. The first kappa shape index (κ1) is 20.6. The first-order chi connectivity index (χ1) is 15.6. The number of nitrogens with two attached hydrogens (primary N) is 1. The van der Waals surface area contributed by atoms with Crippen molar-refractivity contribution in [1.82, 2.24) is 9.47 Å². The van der Waals surface area contributed by atoms with Crippen LogP contribution in [-0.2, 0) is 6.42 Å². The van der Waals surface area contributed by atoms with E-state index in [1.165, 1.54) is 16.3 Å². The molecule has 0 bridgehead atoms. The van der Waals surface area contributed by atoms with E-state index in [2.05, 4.69) is 58.1 Å². The Balaban J connectivity index is 1.25. The zero-order chi connectivity index (χ0) is 22.1. The Morgan fingerprint density at radius 1 is 1.00 bits per heavy atom. The van der Waals surface area contributed by atoms with E-state index in [0.29, 0.717) is 11.6 Å². The predicted molar refractivity (Wildman–Crippen MR) is 129 cm³/mol. The zero-order valence-corrected chi connectivity index (χ0v) is 18.5. The molecule has 5 nitrogen and oxygen atoms in total. The maximum absolute atomic E-state index is 11.6. The van der Waals surface area contributed by atoms with Gasteiger partial charge >= 0.3 is 0 Å². The van der Waals surface area contributed by atoms with Gasteiger partial charge in [-0.3, -0.25) is 4.79 Å². The van der Waals surface area contributed by atoms with Crippen molar-refractivity contribution in [3.8, 4) is 5.75 Å². The van der Waals surface area contributed by atoms with Crippen LogP contribution < -0.4 is 10.5 Å². The standard InChI is InChI=1S/C27H29N3O2/c1-32-26-18-21-5-3-2-4-20(21)16-22(26)8-12-29-13-10-24(11-14-29)30-15-9-19-6-7-23(27(28)31)17-25(19)30/h2-7,9,15-18,24H,8,10-14H2,1H3,(H2,28,31). The summed E-state index contributed by atoms with van der Waals surface area (Å²) in [6, 6.07) is 21.1. The molecular weight excluding hydrogens is 398 g/mol. The Hall–Kier alpha value is -3.31. The van der Waals surface area contributed by atoms with E-state index in [0.717, 1.165) is 55.5 Å². The zero-order valence-electron chi connectivity index (χ0n) is 18.5. The molecule has 3 aromatic carbocycles. The number of likely N-dealkylation sites (tertiary alicyclic amines) is 1. The van der Waals surface area contributed by atoms with Gasteiger partial charge in [0.2, 0.25) is 5.91 Å². The van der Waals surface area contributed by atoms with Crippen molar-refractivity contribution in [2.24, 2.45) is 5.73 Å².